The summed E-state index contributed by atoms with van der Waals surface area (Å²) in [7, 11) is -3.31. The van der Waals surface area contributed by atoms with Gasteiger partial charge in [0.1, 0.15) is 0 Å². The molecule has 6 nitrogen and oxygen atoms in total. The van der Waals surface area contributed by atoms with Crippen LogP contribution in [0.4, 0.5) is 0 Å². The van der Waals surface area contributed by atoms with E-state index < -0.39 is 9.84 Å². The molecule has 2 aliphatic heterocycles. The Morgan fingerprint density at radius 2 is 1.60 bits per heavy atom. The summed E-state index contributed by atoms with van der Waals surface area (Å²) in [6.45, 7) is 8.82. The van der Waals surface area contributed by atoms with Gasteiger partial charge >= 0.3 is 0 Å². The summed E-state index contributed by atoms with van der Waals surface area (Å²) in [4.78, 5) is 0.459. The highest BCUT2D eigenvalue weighted by atomic mass is 32.2. The molecule has 3 saturated carbocycles. The van der Waals surface area contributed by atoms with E-state index in [4.69, 9.17) is 18.9 Å². The quantitative estimate of drug-likeness (QED) is 0.268. The Kier molecular flexibility index (Phi) is 9.32. The summed E-state index contributed by atoms with van der Waals surface area (Å²) < 4.78 is 52.6. The Balaban J connectivity index is 1.11. The lowest BCUT2D eigenvalue weighted by molar-refractivity contribution is -0.248. The van der Waals surface area contributed by atoms with Crippen LogP contribution in [0.2, 0.25) is 0 Å². The average Bonchev–Trinajstić information content (AvgIpc) is 3.40. The van der Waals surface area contributed by atoms with Crippen LogP contribution in [0.5, 0.6) is 0 Å². The number of ether oxygens (including phenoxy) is 4. The molecule has 250 valence electrons. The first-order chi connectivity index (χ1) is 21.7. The minimum absolute atomic E-state index is 0.0291. The summed E-state index contributed by atoms with van der Waals surface area (Å²) in [5.74, 6) is 2.61. The van der Waals surface area contributed by atoms with Crippen LogP contribution in [0.3, 0.4) is 0 Å². The molecule has 45 heavy (non-hydrogen) atoms. The van der Waals surface area contributed by atoms with Crippen molar-refractivity contribution in [1.29, 1.82) is 0 Å². The van der Waals surface area contributed by atoms with E-state index in [1.54, 1.807) is 12.1 Å². The number of benzene rings is 1. The van der Waals surface area contributed by atoms with Gasteiger partial charge in [-0.15, -0.1) is 0 Å². The SMILES string of the molecule is C[C@H](CS(=O)(=O)c1ccccc1)[C@H]1CC[C@H]2[C@@H]3CC=C4C[C@@H](OC5CCCCO5)C[C@@H](OC5CCCCO5)[C@]4(C)[C@H]3CC[C@]12C. The molecule has 0 N–H and O–H groups in total. The molecule has 0 bridgehead atoms. The van der Waals surface area contributed by atoms with Crippen molar-refractivity contribution < 1.29 is 27.4 Å². The number of sulfone groups is 1. The van der Waals surface area contributed by atoms with Gasteiger partial charge in [0.25, 0.3) is 0 Å². The Morgan fingerprint density at radius 1 is 0.889 bits per heavy atom. The molecule has 0 spiro atoms. The van der Waals surface area contributed by atoms with Gasteiger partial charge in [0.2, 0.25) is 0 Å². The summed E-state index contributed by atoms with van der Waals surface area (Å²) in [6, 6.07) is 9.04. The van der Waals surface area contributed by atoms with Crippen molar-refractivity contribution in [2.75, 3.05) is 19.0 Å². The van der Waals surface area contributed by atoms with Crippen molar-refractivity contribution in [2.24, 2.45) is 40.4 Å². The van der Waals surface area contributed by atoms with Gasteiger partial charge in [-0.25, -0.2) is 8.42 Å². The molecule has 7 rings (SSSR count). The third kappa shape index (κ3) is 6.11. The van der Waals surface area contributed by atoms with Gasteiger partial charge in [0.05, 0.1) is 22.9 Å². The normalized spacial score (nSPS) is 42.6. The lowest BCUT2D eigenvalue weighted by Crippen LogP contribution is -2.57. The van der Waals surface area contributed by atoms with E-state index in [1.165, 1.54) is 37.7 Å². The number of allylic oxidation sites excluding steroid dienone is 1. The monoisotopic (exact) mass is 640 g/mol. The van der Waals surface area contributed by atoms with Crippen molar-refractivity contribution in [3.63, 3.8) is 0 Å². The van der Waals surface area contributed by atoms with Crippen LogP contribution in [-0.2, 0) is 28.8 Å². The first kappa shape index (κ1) is 32.3. The highest BCUT2D eigenvalue weighted by Crippen LogP contribution is 2.67. The van der Waals surface area contributed by atoms with Crippen molar-refractivity contribution >= 4 is 9.84 Å². The second kappa shape index (κ2) is 13.0. The fourth-order valence-corrected chi connectivity index (χ4v) is 12.8. The van der Waals surface area contributed by atoms with Gasteiger partial charge in [-0.2, -0.15) is 0 Å². The second-order valence-electron chi connectivity index (χ2n) is 15.8. The van der Waals surface area contributed by atoms with Crippen molar-refractivity contribution in [1.82, 2.24) is 0 Å². The largest absolute Gasteiger partial charge is 0.353 e. The highest BCUT2D eigenvalue weighted by molar-refractivity contribution is 7.91. The van der Waals surface area contributed by atoms with E-state index in [0.717, 1.165) is 64.6 Å². The molecule has 2 heterocycles. The van der Waals surface area contributed by atoms with Crippen molar-refractivity contribution in [2.45, 2.75) is 134 Å². The zero-order valence-corrected chi connectivity index (χ0v) is 28.6. The van der Waals surface area contributed by atoms with E-state index in [9.17, 15) is 8.42 Å². The lowest BCUT2D eigenvalue weighted by atomic mass is 9.46. The molecule has 7 heteroatoms. The Bertz CT molecular complexity index is 1300. The first-order valence-electron chi connectivity index (χ1n) is 18.2. The third-order valence-corrected chi connectivity index (χ3v) is 15.4. The van der Waals surface area contributed by atoms with Gasteiger partial charge in [0.15, 0.2) is 22.4 Å². The van der Waals surface area contributed by atoms with E-state index >= 15 is 0 Å². The molecule has 2 unspecified atom stereocenters. The maximum Gasteiger partial charge on any atom is 0.178 e. The van der Waals surface area contributed by atoms with E-state index in [-0.39, 0.29) is 47.3 Å². The predicted molar refractivity (Wildman–Crippen MR) is 175 cm³/mol. The molecule has 6 aliphatic rings. The smallest absolute Gasteiger partial charge is 0.178 e. The van der Waals surface area contributed by atoms with Gasteiger partial charge in [-0.3, -0.25) is 0 Å². The number of rotatable bonds is 8. The molecule has 0 aromatic heterocycles. The Morgan fingerprint density at radius 3 is 2.29 bits per heavy atom. The molecule has 1 aromatic rings. The van der Waals surface area contributed by atoms with E-state index in [0.29, 0.717) is 28.6 Å². The van der Waals surface area contributed by atoms with Gasteiger partial charge in [-0.1, -0.05) is 50.6 Å². The zero-order chi connectivity index (χ0) is 31.2. The number of hydrogen-bond donors (Lipinski definition) is 0. The topological polar surface area (TPSA) is 71.1 Å². The summed E-state index contributed by atoms with van der Waals surface area (Å²) in [5.41, 5.74) is 1.69. The third-order valence-electron chi connectivity index (χ3n) is 13.4. The van der Waals surface area contributed by atoms with Gasteiger partial charge in [0, 0.05) is 25.0 Å². The van der Waals surface area contributed by atoms with Crippen LogP contribution < -0.4 is 0 Å². The van der Waals surface area contributed by atoms with Crippen LogP contribution in [0.1, 0.15) is 104 Å². The fourth-order valence-electron chi connectivity index (χ4n) is 11.2. The molecular formula is C38H56O6S. The minimum Gasteiger partial charge on any atom is -0.353 e. The number of hydrogen-bond acceptors (Lipinski definition) is 6. The fraction of sp³-hybridized carbons (Fsp3) is 0.789. The van der Waals surface area contributed by atoms with Crippen LogP contribution in [0.15, 0.2) is 46.9 Å². The van der Waals surface area contributed by atoms with E-state index in [2.05, 4.69) is 26.8 Å². The molecule has 2 saturated heterocycles. The van der Waals surface area contributed by atoms with Gasteiger partial charge in [-0.05, 0) is 124 Å². The van der Waals surface area contributed by atoms with E-state index in [1.807, 2.05) is 18.2 Å². The molecule has 11 atom stereocenters. The van der Waals surface area contributed by atoms with Crippen LogP contribution in [0, 0.1) is 40.4 Å². The average molecular weight is 641 g/mol. The zero-order valence-electron chi connectivity index (χ0n) is 27.8. The molecular weight excluding hydrogens is 584 g/mol. The van der Waals surface area contributed by atoms with Gasteiger partial charge < -0.3 is 18.9 Å². The first-order valence-corrected chi connectivity index (χ1v) is 19.8. The second-order valence-corrected chi connectivity index (χ2v) is 17.9. The lowest BCUT2D eigenvalue weighted by Gasteiger charge is -2.60. The summed E-state index contributed by atoms with van der Waals surface area (Å²) in [5, 5.41) is 0. The minimum atomic E-state index is -3.31. The molecule has 4 aliphatic carbocycles. The maximum absolute atomic E-state index is 13.4. The van der Waals surface area contributed by atoms with Crippen molar-refractivity contribution in [3.05, 3.63) is 42.0 Å². The number of fused-ring (bicyclic) bond motifs is 5. The molecule has 5 fully saturated rings. The standard InChI is InChI=1S/C38H56O6S/c1-26(25-45(39,40)29-11-5-4-6-12-29)31-17-18-32-30-16-15-27-23-28(43-35-13-7-9-21-41-35)24-34(44-36-14-8-10-22-42-36)38(27,3)33(30)19-20-37(31,32)2/h4-6,11-12,15,26,28,30-36H,7-10,13-14,16-25H2,1-3H3/t26-,28-,30+,31-,32+,33+,34-,35?,36?,37-,38+/m1/s1. The van der Waals surface area contributed by atoms with Crippen LogP contribution in [-0.4, -0.2) is 52.2 Å². The summed E-state index contributed by atoms with van der Waals surface area (Å²) in [6.07, 6.45) is 16.8. The van der Waals surface area contributed by atoms with Crippen molar-refractivity contribution in [3.8, 4) is 0 Å². The van der Waals surface area contributed by atoms with Crippen LogP contribution >= 0.6 is 0 Å². The maximum atomic E-state index is 13.4. The Hall–Kier alpha value is -1.25. The highest BCUT2D eigenvalue weighted by Gasteiger charge is 2.62. The molecule has 0 radical (unpaired) electrons. The Labute approximate surface area is 271 Å². The predicted octanol–water partition coefficient (Wildman–Crippen LogP) is 8.11. The van der Waals surface area contributed by atoms with Crippen LogP contribution in [0.25, 0.3) is 0 Å². The molecule has 1 aromatic carbocycles. The summed E-state index contributed by atoms with van der Waals surface area (Å²) >= 11 is 0. The molecule has 0 amide bonds.